The predicted octanol–water partition coefficient (Wildman–Crippen LogP) is 5.27. The van der Waals surface area contributed by atoms with Crippen LogP contribution in [0.15, 0.2) is 40.9 Å². The van der Waals surface area contributed by atoms with E-state index in [9.17, 15) is 0 Å². The molecule has 0 aliphatic carbocycles. The summed E-state index contributed by atoms with van der Waals surface area (Å²) in [5.41, 5.74) is 6.81. The summed E-state index contributed by atoms with van der Waals surface area (Å²) in [7, 11) is 0. The summed E-state index contributed by atoms with van der Waals surface area (Å²) >= 11 is 3.55. The molecule has 1 unspecified atom stereocenters. The highest BCUT2D eigenvalue weighted by Crippen LogP contribution is 2.25. The van der Waals surface area contributed by atoms with E-state index in [1.54, 1.807) is 0 Å². The molecule has 0 fully saturated rings. The second-order valence-electron chi connectivity index (χ2n) is 5.81. The van der Waals surface area contributed by atoms with Gasteiger partial charge >= 0.3 is 0 Å². The minimum absolute atomic E-state index is 0.365. The van der Waals surface area contributed by atoms with Crippen LogP contribution in [0.3, 0.4) is 0 Å². The van der Waals surface area contributed by atoms with Crippen LogP contribution in [-0.4, -0.2) is 6.54 Å². The lowest BCUT2D eigenvalue weighted by molar-refractivity contribution is 0.547. The highest BCUT2D eigenvalue weighted by molar-refractivity contribution is 9.10. The number of rotatable bonds is 5. The Morgan fingerprint density at radius 3 is 2.24 bits per heavy atom. The number of halogens is 1. The Morgan fingerprint density at radius 2 is 1.67 bits per heavy atom. The maximum atomic E-state index is 3.63. The quantitative estimate of drug-likeness (QED) is 0.778. The van der Waals surface area contributed by atoms with E-state index in [0.29, 0.717) is 6.04 Å². The standard InChI is InChI=1S/C19H24BrN/c1-5-21-19(18-7-6-17(20)11-15(18)4)12-16-9-13(2)8-14(3)10-16/h6-11,19,21H,5,12H2,1-4H3. The van der Waals surface area contributed by atoms with Gasteiger partial charge in [0.2, 0.25) is 0 Å². The number of aryl methyl sites for hydroxylation is 3. The molecule has 0 radical (unpaired) electrons. The van der Waals surface area contributed by atoms with Gasteiger partial charge < -0.3 is 5.32 Å². The van der Waals surface area contributed by atoms with Crippen LogP contribution in [0, 0.1) is 20.8 Å². The lowest BCUT2D eigenvalue weighted by Gasteiger charge is -2.21. The molecule has 2 heteroatoms. The van der Waals surface area contributed by atoms with Crippen molar-refractivity contribution in [2.24, 2.45) is 0 Å². The SMILES string of the molecule is CCNC(Cc1cc(C)cc(C)c1)c1ccc(Br)cc1C. The van der Waals surface area contributed by atoms with E-state index < -0.39 is 0 Å². The second kappa shape index (κ2) is 7.24. The van der Waals surface area contributed by atoms with Crippen molar-refractivity contribution >= 4 is 15.9 Å². The number of benzene rings is 2. The smallest absolute Gasteiger partial charge is 0.0363 e. The molecule has 1 nitrogen and oxygen atoms in total. The molecular formula is C19H24BrN. The van der Waals surface area contributed by atoms with E-state index in [1.165, 1.54) is 27.8 Å². The molecule has 0 amide bonds. The first-order chi connectivity index (χ1) is 9.99. The largest absolute Gasteiger partial charge is 0.310 e. The number of hydrogen-bond acceptors (Lipinski definition) is 1. The van der Waals surface area contributed by atoms with Crippen LogP contribution < -0.4 is 5.32 Å². The lowest BCUT2D eigenvalue weighted by atomic mass is 9.94. The average molecular weight is 346 g/mol. The van der Waals surface area contributed by atoms with Crippen molar-refractivity contribution in [2.75, 3.05) is 6.54 Å². The van der Waals surface area contributed by atoms with Gasteiger partial charge in [-0.2, -0.15) is 0 Å². The molecular weight excluding hydrogens is 322 g/mol. The van der Waals surface area contributed by atoms with Gasteiger partial charge in [0.25, 0.3) is 0 Å². The third-order valence-corrected chi connectivity index (χ3v) is 4.27. The van der Waals surface area contributed by atoms with Crippen molar-refractivity contribution in [3.8, 4) is 0 Å². The molecule has 2 aromatic rings. The molecule has 112 valence electrons. The van der Waals surface area contributed by atoms with Gasteiger partial charge in [-0.15, -0.1) is 0 Å². The zero-order valence-corrected chi connectivity index (χ0v) is 14.9. The molecule has 0 aliphatic rings. The zero-order valence-electron chi connectivity index (χ0n) is 13.3. The fraction of sp³-hybridized carbons (Fsp3) is 0.368. The van der Waals surface area contributed by atoms with Gasteiger partial charge in [-0.1, -0.05) is 58.2 Å². The molecule has 2 aromatic carbocycles. The molecule has 0 bridgehead atoms. The summed E-state index contributed by atoms with van der Waals surface area (Å²) in [5.74, 6) is 0. The first kappa shape index (κ1) is 16.3. The first-order valence-corrected chi connectivity index (χ1v) is 8.35. The van der Waals surface area contributed by atoms with Crippen LogP contribution in [-0.2, 0) is 6.42 Å². The summed E-state index contributed by atoms with van der Waals surface area (Å²) in [4.78, 5) is 0. The Morgan fingerprint density at radius 1 is 1.00 bits per heavy atom. The minimum atomic E-state index is 0.365. The Bertz CT molecular complexity index is 599. The normalized spacial score (nSPS) is 12.4. The lowest BCUT2D eigenvalue weighted by Crippen LogP contribution is -2.23. The maximum absolute atomic E-state index is 3.63. The van der Waals surface area contributed by atoms with E-state index in [1.807, 2.05) is 0 Å². The van der Waals surface area contributed by atoms with Crippen LogP contribution in [0.4, 0.5) is 0 Å². The molecule has 1 atom stereocenters. The molecule has 0 aromatic heterocycles. The topological polar surface area (TPSA) is 12.0 Å². The van der Waals surface area contributed by atoms with Gasteiger partial charge in [-0.05, 0) is 62.6 Å². The highest BCUT2D eigenvalue weighted by atomic mass is 79.9. The van der Waals surface area contributed by atoms with Crippen molar-refractivity contribution < 1.29 is 0 Å². The summed E-state index contributed by atoms with van der Waals surface area (Å²) in [6, 6.07) is 13.8. The molecule has 21 heavy (non-hydrogen) atoms. The fourth-order valence-electron chi connectivity index (χ4n) is 2.99. The van der Waals surface area contributed by atoms with Crippen molar-refractivity contribution in [1.29, 1.82) is 0 Å². The summed E-state index contributed by atoms with van der Waals surface area (Å²) in [6.07, 6.45) is 1.03. The Hall–Kier alpha value is -1.12. The fourth-order valence-corrected chi connectivity index (χ4v) is 3.47. The van der Waals surface area contributed by atoms with Gasteiger partial charge in [0.05, 0.1) is 0 Å². The summed E-state index contributed by atoms with van der Waals surface area (Å²) in [5, 5.41) is 3.63. The van der Waals surface area contributed by atoms with E-state index in [0.717, 1.165) is 17.4 Å². The molecule has 0 saturated heterocycles. The van der Waals surface area contributed by atoms with E-state index >= 15 is 0 Å². The minimum Gasteiger partial charge on any atom is -0.310 e. The van der Waals surface area contributed by atoms with E-state index in [4.69, 9.17) is 0 Å². The van der Waals surface area contributed by atoms with Crippen LogP contribution in [0.2, 0.25) is 0 Å². The van der Waals surface area contributed by atoms with Gasteiger partial charge in [0.15, 0.2) is 0 Å². The number of nitrogens with one attached hydrogen (secondary N) is 1. The first-order valence-electron chi connectivity index (χ1n) is 7.56. The number of hydrogen-bond donors (Lipinski definition) is 1. The van der Waals surface area contributed by atoms with Crippen molar-refractivity contribution in [1.82, 2.24) is 5.32 Å². The van der Waals surface area contributed by atoms with Gasteiger partial charge in [-0.3, -0.25) is 0 Å². The summed E-state index contributed by atoms with van der Waals surface area (Å²) < 4.78 is 1.14. The van der Waals surface area contributed by atoms with Gasteiger partial charge in [0, 0.05) is 10.5 Å². The van der Waals surface area contributed by atoms with Crippen molar-refractivity contribution in [3.63, 3.8) is 0 Å². The molecule has 2 rings (SSSR count). The zero-order chi connectivity index (χ0) is 15.4. The van der Waals surface area contributed by atoms with Crippen LogP contribution in [0.5, 0.6) is 0 Å². The molecule has 1 N–H and O–H groups in total. The van der Waals surface area contributed by atoms with Crippen molar-refractivity contribution in [3.05, 3.63) is 68.7 Å². The van der Waals surface area contributed by atoms with Gasteiger partial charge in [0.1, 0.15) is 0 Å². The third-order valence-electron chi connectivity index (χ3n) is 3.78. The molecule has 0 aliphatic heterocycles. The monoisotopic (exact) mass is 345 g/mol. The molecule has 0 heterocycles. The van der Waals surface area contributed by atoms with E-state index in [-0.39, 0.29) is 0 Å². The molecule has 0 saturated carbocycles. The van der Waals surface area contributed by atoms with Crippen LogP contribution in [0.25, 0.3) is 0 Å². The third kappa shape index (κ3) is 4.42. The Labute approximate surface area is 136 Å². The van der Waals surface area contributed by atoms with Crippen LogP contribution >= 0.6 is 15.9 Å². The van der Waals surface area contributed by atoms with Crippen molar-refractivity contribution in [2.45, 2.75) is 40.2 Å². The molecule has 0 spiro atoms. The summed E-state index contributed by atoms with van der Waals surface area (Å²) in [6.45, 7) is 9.67. The van der Waals surface area contributed by atoms with Gasteiger partial charge in [-0.25, -0.2) is 0 Å². The second-order valence-corrected chi connectivity index (χ2v) is 6.73. The highest BCUT2D eigenvalue weighted by Gasteiger charge is 2.14. The van der Waals surface area contributed by atoms with E-state index in [2.05, 4.69) is 85.3 Å². The Kier molecular flexibility index (Phi) is 5.60. The maximum Gasteiger partial charge on any atom is 0.0363 e. The Balaban J connectivity index is 2.30. The average Bonchev–Trinajstić information content (AvgIpc) is 2.37. The number of likely N-dealkylation sites (N-methyl/N-ethyl adjacent to an activating group) is 1. The van der Waals surface area contributed by atoms with Crippen LogP contribution in [0.1, 0.15) is 40.8 Å². The predicted molar refractivity (Wildman–Crippen MR) is 94.9 cm³/mol.